The molecule has 0 radical (unpaired) electrons. The molecule has 0 unspecified atom stereocenters. The van der Waals surface area contributed by atoms with Crippen molar-refractivity contribution in [1.82, 2.24) is 0 Å². The van der Waals surface area contributed by atoms with Crippen molar-refractivity contribution in [2.45, 2.75) is 24.0 Å². The van der Waals surface area contributed by atoms with Gasteiger partial charge in [0.2, 0.25) is 0 Å². The lowest BCUT2D eigenvalue weighted by Crippen LogP contribution is -1.96. The van der Waals surface area contributed by atoms with Crippen LogP contribution in [0, 0.1) is 0 Å². The minimum absolute atomic E-state index is 0.0942. The molecule has 0 aliphatic carbocycles. The summed E-state index contributed by atoms with van der Waals surface area (Å²) in [7, 11) is 0. The van der Waals surface area contributed by atoms with E-state index in [-0.39, 0.29) is 5.78 Å². The van der Waals surface area contributed by atoms with Crippen LogP contribution >= 0.6 is 11.8 Å². The van der Waals surface area contributed by atoms with E-state index in [2.05, 4.69) is 0 Å². The highest BCUT2D eigenvalue weighted by Crippen LogP contribution is 2.28. The highest BCUT2D eigenvalue weighted by atomic mass is 32.2. The summed E-state index contributed by atoms with van der Waals surface area (Å²) < 4.78 is 24.5. The van der Waals surface area contributed by atoms with Crippen LogP contribution in [0.1, 0.15) is 23.7 Å². The van der Waals surface area contributed by atoms with E-state index >= 15 is 0 Å². The first-order valence-electron chi connectivity index (χ1n) is 6.28. The zero-order valence-corrected chi connectivity index (χ0v) is 11.8. The van der Waals surface area contributed by atoms with E-state index in [0.717, 1.165) is 11.1 Å². The fourth-order valence-corrected chi connectivity index (χ4v) is 2.40. The second kappa shape index (κ2) is 6.66. The molecule has 0 saturated heterocycles. The number of alkyl halides is 2. The summed E-state index contributed by atoms with van der Waals surface area (Å²) in [6.45, 7) is 1.82. The normalized spacial score (nSPS) is 10.8. The summed E-state index contributed by atoms with van der Waals surface area (Å²) in [5.41, 5.74) is 2.50. The minimum atomic E-state index is -2.41. The summed E-state index contributed by atoms with van der Waals surface area (Å²) in [6.07, 6.45) is 0.466. The average Bonchev–Trinajstić information content (AvgIpc) is 2.47. The van der Waals surface area contributed by atoms with E-state index in [9.17, 15) is 13.6 Å². The van der Waals surface area contributed by atoms with Gasteiger partial charge < -0.3 is 0 Å². The van der Waals surface area contributed by atoms with Gasteiger partial charge in [-0.2, -0.15) is 8.78 Å². The Balaban J connectivity index is 2.25. The summed E-state index contributed by atoms with van der Waals surface area (Å²) >= 11 is 0.527. The zero-order chi connectivity index (χ0) is 14.5. The van der Waals surface area contributed by atoms with Crippen LogP contribution in [0.3, 0.4) is 0 Å². The Labute approximate surface area is 121 Å². The number of halogens is 2. The van der Waals surface area contributed by atoms with Gasteiger partial charge in [-0.1, -0.05) is 49.0 Å². The van der Waals surface area contributed by atoms with Gasteiger partial charge in [-0.3, -0.25) is 4.79 Å². The van der Waals surface area contributed by atoms with E-state index in [4.69, 9.17) is 0 Å². The molecule has 0 aromatic heterocycles. The topological polar surface area (TPSA) is 17.1 Å². The molecule has 0 aliphatic rings. The van der Waals surface area contributed by atoms with Crippen molar-refractivity contribution in [2.75, 3.05) is 0 Å². The van der Waals surface area contributed by atoms with Crippen molar-refractivity contribution in [3.8, 4) is 11.1 Å². The molecule has 0 spiro atoms. The lowest BCUT2D eigenvalue weighted by atomic mass is 10.0. The Morgan fingerprint density at radius 1 is 1.10 bits per heavy atom. The molecule has 0 saturated carbocycles. The van der Waals surface area contributed by atoms with Gasteiger partial charge in [-0.25, -0.2) is 0 Å². The Hall–Kier alpha value is -1.68. The molecule has 0 aliphatic heterocycles. The number of carbonyl (C=O) groups is 1. The molecule has 104 valence electrons. The third kappa shape index (κ3) is 3.67. The van der Waals surface area contributed by atoms with Crippen LogP contribution in [-0.2, 0) is 0 Å². The number of rotatable bonds is 5. The summed E-state index contributed by atoms with van der Waals surface area (Å²) in [5, 5.41) is 0. The molecule has 20 heavy (non-hydrogen) atoms. The lowest BCUT2D eigenvalue weighted by molar-refractivity contribution is 0.0988. The van der Waals surface area contributed by atoms with Crippen molar-refractivity contribution < 1.29 is 13.6 Å². The van der Waals surface area contributed by atoms with E-state index in [0.29, 0.717) is 28.6 Å². The molecule has 0 bridgehead atoms. The van der Waals surface area contributed by atoms with E-state index < -0.39 is 5.76 Å². The molecular formula is C16H14F2OS. The Kier molecular flexibility index (Phi) is 4.90. The van der Waals surface area contributed by atoms with Crippen molar-refractivity contribution in [3.05, 3.63) is 54.1 Å². The van der Waals surface area contributed by atoms with Crippen molar-refractivity contribution in [1.29, 1.82) is 0 Å². The maximum Gasteiger partial charge on any atom is 0.288 e. The third-order valence-corrected chi connectivity index (χ3v) is 3.64. The summed E-state index contributed by atoms with van der Waals surface area (Å²) in [6, 6.07) is 14.3. The summed E-state index contributed by atoms with van der Waals surface area (Å²) in [5.74, 6) is -2.32. The number of thioether (sulfide) groups is 1. The van der Waals surface area contributed by atoms with Crippen LogP contribution in [0.15, 0.2) is 53.4 Å². The van der Waals surface area contributed by atoms with Gasteiger partial charge in [0.25, 0.3) is 5.76 Å². The molecular weight excluding hydrogens is 278 g/mol. The molecule has 2 aromatic carbocycles. The molecule has 0 N–H and O–H groups in total. The van der Waals surface area contributed by atoms with Crippen LogP contribution < -0.4 is 0 Å². The SMILES string of the molecule is CCC(=O)c1cccc(-c2ccc(SC(F)F)cc2)c1. The second-order valence-corrected chi connectivity index (χ2v) is 5.32. The number of ketones is 1. The van der Waals surface area contributed by atoms with Gasteiger partial charge >= 0.3 is 0 Å². The van der Waals surface area contributed by atoms with Crippen LogP contribution in [0.4, 0.5) is 8.78 Å². The quantitative estimate of drug-likeness (QED) is 0.552. The van der Waals surface area contributed by atoms with Crippen LogP contribution in [0.2, 0.25) is 0 Å². The summed E-state index contributed by atoms with van der Waals surface area (Å²) in [4.78, 5) is 12.2. The molecule has 0 fully saturated rings. The fraction of sp³-hybridized carbons (Fsp3) is 0.188. The highest BCUT2D eigenvalue weighted by Gasteiger charge is 2.07. The van der Waals surface area contributed by atoms with Crippen LogP contribution in [-0.4, -0.2) is 11.5 Å². The monoisotopic (exact) mass is 292 g/mol. The van der Waals surface area contributed by atoms with Crippen LogP contribution in [0.25, 0.3) is 11.1 Å². The van der Waals surface area contributed by atoms with Crippen molar-refractivity contribution in [3.63, 3.8) is 0 Å². The van der Waals surface area contributed by atoms with Crippen LogP contribution in [0.5, 0.6) is 0 Å². The van der Waals surface area contributed by atoms with Gasteiger partial charge in [-0.05, 0) is 29.3 Å². The Bertz CT molecular complexity index is 594. The molecule has 0 heterocycles. The molecule has 4 heteroatoms. The van der Waals surface area contributed by atoms with E-state index in [1.54, 1.807) is 30.3 Å². The number of carbonyl (C=O) groups excluding carboxylic acids is 1. The number of hydrogen-bond donors (Lipinski definition) is 0. The first kappa shape index (κ1) is 14.7. The lowest BCUT2D eigenvalue weighted by Gasteiger charge is -2.06. The third-order valence-electron chi connectivity index (χ3n) is 2.92. The van der Waals surface area contributed by atoms with Gasteiger partial charge in [0.05, 0.1) is 0 Å². The van der Waals surface area contributed by atoms with E-state index in [1.165, 1.54) is 0 Å². The maximum atomic E-state index is 12.3. The number of Topliss-reactive ketones (excluding diaryl/α,β-unsaturated/α-hetero) is 1. The first-order chi connectivity index (χ1) is 9.60. The van der Waals surface area contributed by atoms with Crippen molar-refractivity contribution >= 4 is 17.5 Å². The first-order valence-corrected chi connectivity index (χ1v) is 7.16. The van der Waals surface area contributed by atoms with Gasteiger partial charge in [-0.15, -0.1) is 0 Å². The zero-order valence-electron chi connectivity index (χ0n) is 11.0. The van der Waals surface area contributed by atoms with Gasteiger partial charge in [0, 0.05) is 16.9 Å². The standard InChI is InChI=1S/C16H14F2OS/c1-2-15(19)13-5-3-4-12(10-13)11-6-8-14(9-7-11)20-16(17)18/h3-10,16H,2H2,1H3. The molecule has 2 rings (SSSR count). The molecule has 2 aromatic rings. The van der Waals surface area contributed by atoms with E-state index in [1.807, 2.05) is 25.1 Å². The molecule has 0 amide bonds. The second-order valence-electron chi connectivity index (χ2n) is 4.26. The predicted octanol–water partition coefficient (Wildman–Crippen LogP) is 5.26. The Morgan fingerprint density at radius 2 is 1.80 bits per heavy atom. The predicted molar refractivity (Wildman–Crippen MR) is 78.4 cm³/mol. The van der Waals surface area contributed by atoms with Gasteiger partial charge in [0.1, 0.15) is 0 Å². The molecule has 1 nitrogen and oxygen atoms in total. The Morgan fingerprint density at radius 3 is 2.40 bits per heavy atom. The van der Waals surface area contributed by atoms with Gasteiger partial charge in [0.15, 0.2) is 5.78 Å². The smallest absolute Gasteiger partial charge is 0.288 e. The molecule has 0 atom stereocenters. The highest BCUT2D eigenvalue weighted by molar-refractivity contribution is 7.99. The maximum absolute atomic E-state index is 12.3. The fourth-order valence-electron chi connectivity index (χ4n) is 1.91. The average molecular weight is 292 g/mol. The minimum Gasteiger partial charge on any atom is -0.294 e. The number of benzene rings is 2. The largest absolute Gasteiger partial charge is 0.294 e. The number of hydrogen-bond acceptors (Lipinski definition) is 2. The van der Waals surface area contributed by atoms with Crippen molar-refractivity contribution in [2.24, 2.45) is 0 Å².